The van der Waals surface area contributed by atoms with E-state index in [1.165, 1.54) is 13.2 Å². The number of ether oxygens (including phenoxy) is 1. The SMILES string of the molecule is COc1cc(F)cc(C2(CN)CC2)c1Br. The quantitative estimate of drug-likeness (QED) is 0.919. The van der Waals surface area contributed by atoms with E-state index in [9.17, 15) is 4.39 Å². The van der Waals surface area contributed by atoms with E-state index in [1.54, 1.807) is 6.07 Å². The molecule has 0 unspecified atom stereocenters. The number of nitrogens with two attached hydrogens (primary N) is 1. The second kappa shape index (κ2) is 3.76. The van der Waals surface area contributed by atoms with Crippen LogP contribution in [0.3, 0.4) is 0 Å². The zero-order valence-corrected chi connectivity index (χ0v) is 10.1. The molecule has 0 aliphatic heterocycles. The van der Waals surface area contributed by atoms with Gasteiger partial charge in [0.15, 0.2) is 0 Å². The molecule has 0 radical (unpaired) electrons. The number of halogens is 2. The molecule has 82 valence electrons. The van der Waals surface area contributed by atoms with Gasteiger partial charge in [0.25, 0.3) is 0 Å². The molecule has 1 aliphatic rings. The second-order valence-electron chi connectivity index (χ2n) is 3.95. The van der Waals surface area contributed by atoms with Crippen LogP contribution in [0.1, 0.15) is 18.4 Å². The topological polar surface area (TPSA) is 35.2 Å². The molecule has 0 spiro atoms. The number of hydrogen-bond donors (Lipinski definition) is 1. The van der Waals surface area contributed by atoms with Gasteiger partial charge in [0, 0.05) is 18.0 Å². The molecule has 1 aromatic rings. The maximum absolute atomic E-state index is 13.3. The van der Waals surface area contributed by atoms with E-state index in [0.29, 0.717) is 12.3 Å². The Kier molecular flexibility index (Phi) is 2.73. The molecule has 1 aromatic carbocycles. The average molecular weight is 274 g/mol. The third kappa shape index (κ3) is 1.76. The van der Waals surface area contributed by atoms with Gasteiger partial charge in [-0.1, -0.05) is 0 Å². The molecule has 1 aliphatic carbocycles. The lowest BCUT2D eigenvalue weighted by Gasteiger charge is -2.17. The largest absolute Gasteiger partial charge is 0.495 e. The average Bonchev–Trinajstić information content (AvgIpc) is 3.01. The monoisotopic (exact) mass is 273 g/mol. The Morgan fingerprint density at radius 2 is 2.20 bits per heavy atom. The Morgan fingerprint density at radius 1 is 1.53 bits per heavy atom. The zero-order chi connectivity index (χ0) is 11.1. The number of hydrogen-bond acceptors (Lipinski definition) is 2. The first-order valence-electron chi connectivity index (χ1n) is 4.86. The highest BCUT2D eigenvalue weighted by molar-refractivity contribution is 9.10. The first kappa shape index (κ1) is 10.9. The molecular weight excluding hydrogens is 261 g/mol. The second-order valence-corrected chi connectivity index (χ2v) is 4.75. The fraction of sp³-hybridized carbons (Fsp3) is 0.455. The highest BCUT2D eigenvalue weighted by Crippen LogP contribution is 2.51. The van der Waals surface area contributed by atoms with Crippen LogP contribution in [0, 0.1) is 5.82 Å². The smallest absolute Gasteiger partial charge is 0.136 e. The standard InChI is InChI=1S/C11H13BrFNO/c1-15-9-5-7(13)4-8(10(9)12)11(6-14)2-3-11/h4-5H,2-3,6,14H2,1H3. The first-order valence-corrected chi connectivity index (χ1v) is 5.66. The van der Waals surface area contributed by atoms with Crippen molar-refractivity contribution in [2.75, 3.05) is 13.7 Å². The summed E-state index contributed by atoms with van der Waals surface area (Å²) in [6, 6.07) is 2.92. The first-order chi connectivity index (χ1) is 7.13. The third-order valence-corrected chi connectivity index (χ3v) is 3.86. The van der Waals surface area contributed by atoms with Gasteiger partial charge in [0.1, 0.15) is 11.6 Å². The molecule has 0 aromatic heterocycles. The molecule has 0 saturated heterocycles. The molecule has 0 atom stereocenters. The minimum atomic E-state index is -0.273. The van der Waals surface area contributed by atoms with Crippen molar-refractivity contribution in [1.82, 2.24) is 0 Å². The Hall–Kier alpha value is -0.610. The van der Waals surface area contributed by atoms with Crippen LogP contribution in [0.2, 0.25) is 0 Å². The van der Waals surface area contributed by atoms with E-state index in [-0.39, 0.29) is 11.2 Å². The van der Waals surface area contributed by atoms with Crippen LogP contribution < -0.4 is 10.5 Å². The molecule has 1 saturated carbocycles. The minimum absolute atomic E-state index is 0.0335. The van der Waals surface area contributed by atoms with Crippen molar-refractivity contribution in [2.45, 2.75) is 18.3 Å². The third-order valence-electron chi connectivity index (χ3n) is 3.04. The summed E-state index contributed by atoms with van der Waals surface area (Å²) in [7, 11) is 1.53. The van der Waals surface area contributed by atoms with E-state index in [1.807, 2.05) is 0 Å². The van der Waals surface area contributed by atoms with E-state index in [2.05, 4.69) is 15.9 Å². The number of benzene rings is 1. The maximum atomic E-state index is 13.3. The predicted molar refractivity (Wildman–Crippen MR) is 60.6 cm³/mol. The normalized spacial score (nSPS) is 17.6. The minimum Gasteiger partial charge on any atom is -0.495 e. The van der Waals surface area contributed by atoms with Gasteiger partial charge in [-0.25, -0.2) is 4.39 Å². The Morgan fingerprint density at radius 3 is 2.67 bits per heavy atom. The van der Waals surface area contributed by atoms with Gasteiger partial charge in [-0.3, -0.25) is 0 Å². The molecule has 0 heterocycles. The summed E-state index contributed by atoms with van der Waals surface area (Å²) in [6.07, 6.45) is 2.05. The summed E-state index contributed by atoms with van der Waals surface area (Å²) >= 11 is 3.44. The lowest BCUT2D eigenvalue weighted by atomic mass is 9.96. The number of rotatable bonds is 3. The van der Waals surface area contributed by atoms with Crippen molar-refractivity contribution in [2.24, 2.45) is 5.73 Å². The maximum Gasteiger partial charge on any atom is 0.136 e. The van der Waals surface area contributed by atoms with Gasteiger partial charge in [-0.05, 0) is 40.4 Å². The van der Waals surface area contributed by atoms with Crippen molar-refractivity contribution in [1.29, 1.82) is 0 Å². The van der Waals surface area contributed by atoms with E-state index in [4.69, 9.17) is 10.5 Å². The van der Waals surface area contributed by atoms with Crippen LogP contribution in [-0.4, -0.2) is 13.7 Å². The van der Waals surface area contributed by atoms with Crippen LogP contribution in [0.25, 0.3) is 0 Å². The lowest BCUT2D eigenvalue weighted by Crippen LogP contribution is -2.20. The summed E-state index contributed by atoms with van der Waals surface area (Å²) in [5.41, 5.74) is 6.63. The van der Waals surface area contributed by atoms with Crippen molar-refractivity contribution < 1.29 is 9.13 Å². The van der Waals surface area contributed by atoms with Crippen LogP contribution in [0.15, 0.2) is 16.6 Å². The molecular formula is C11H13BrFNO. The van der Waals surface area contributed by atoms with Gasteiger partial charge >= 0.3 is 0 Å². The summed E-state index contributed by atoms with van der Waals surface area (Å²) in [4.78, 5) is 0. The molecule has 2 nitrogen and oxygen atoms in total. The molecule has 0 amide bonds. The molecule has 0 bridgehead atoms. The van der Waals surface area contributed by atoms with Crippen molar-refractivity contribution >= 4 is 15.9 Å². The van der Waals surface area contributed by atoms with E-state index >= 15 is 0 Å². The van der Waals surface area contributed by atoms with Crippen LogP contribution in [0.4, 0.5) is 4.39 Å². The molecule has 2 rings (SSSR count). The summed E-state index contributed by atoms with van der Waals surface area (Å²) in [5, 5.41) is 0. The zero-order valence-electron chi connectivity index (χ0n) is 8.52. The predicted octanol–water partition coefficient (Wildman–Crippen LogP) is 2.59. The summed E-state index contributed by atoms with van der Waals surface area (Å²) in [5.74, 6) is 0.259. The van der Waals surface area contributed by atoms with Crippen LogP contribution >= 0.6 is 15.9 Å². The lowest BCUT2D eigenvalue weighted by molar-refractivity contribution is 0.406. The Balaban J connectivity index is 2.51. The molecule has 15 heavy (non-hydrogen) atoms. The van der Waals surface area contributed by atoms with Crippen molar-refractivity contribution in [3.8, 4) is 5.75 Å². The van der Waals surface area contributed by atoms with Gasteiger partial charge < -0.3 is 10.5 Å². The van der Waals surface area contributed by atoms with Gasteiger partial charge in [0.2, 0.25) is 0 Å². The van der Waals surface area contributed by atoms with Gasteiger partial charge in [-0.2, -0.15) is 0 Å². The van der Waals surface area contributed by atoms with Crippen LogP contribution in [-0.2, 0) is 5.41 Å². The highest BCUT2D eigenvalue weighted by Gasteiger charge is 2.44. The highest BCUT2D eigenvalue weighted by atomic mass is 79.9. The Labute approximate surface area is 96.7 Å². The number of methoxy groups -OCH3 is 1. The Bertz CT molecular complexity index is 390. The molecule has 4 heteroatoms. The van der Waals surface area contributed by atoms with Crippen molar-refractivity contribution in [3.05, 3.63) is 28.0 Å². The molecule has 1 fully saturated rings. The van der Waals surface area contributed by atoms with E-state index < -0.39 is 0 Å². The summed E-state index contributed by atoms with van der Waals surface area (Å²) < 4.78 is 19.3. The molecule has 2 N–H and O–H groups in total. The van der Waals surface area contributed by atoms with Crippen LogP contribution in [0.5, 0.6) is 5.75 Å². The fourth-order valence-electron chi connectivity index (χ4n) is 1.83. The van der Waals surface area contributed by atoms with Crippen molar-refractivity contribution in [3.63, 3.8) is 0 Å². The van der Waals surface area contributed by atoms with E-state index in [0.717, 1.165) is 22.9 Å². The fourth-order valence-corrected chi connectivity index (χ4v) is 2.64. The summed E-state index contributed by atoms with van der Waals surface area (Å²) in [6.45, 7) is 0.554. The van der Waals surface area contributed by atoms with Gasteiger partial charge in [-0.15, -0.1) is 0 Å². The van der Waals surface area contributed by atoms with Gasteiger partial charge in [0.05, 0.1) is 11.6 Å².